The first-order chi connectivity index (χ1) is 67.5. The van der Waals surface area contributed by atoms with Gasteiger partial charge in [-0.15, -0.1) is 0 Å². The zero-order chi connectivity index (χ0) is 98.0. The molecule has 3 atom stereocenters. The summed E-state index contributed by atoms with van der Waals surface area (Å²) < 4.78 is 47.0. The van der Waals surface area contributed by atoms with E-state index in [1.54, 1.807) is 12.1 Å². The van der Waals surface area contributed by atoms with E-state index in [1.807, 2.05) is 118 Å². The van der Waals surface area contributed by atoms with E-state index < -0.39 is 18.3 Å². The van der Waals surface area contributed by atoms with Gasteiger partial charge in [0, 0.05) is 43.2 Å². The molecular formula is C123H187NO14. The van der Waals surface area contributed by atoms with Gasteiger partial charge in [-0.05, 0) is 310 Å². The fraction of sp³-hybridized carbons (Fsp3) is 0.642. The molecule has 768 valence electrons. The van der Waals surface area contributed by atoms with Gasteiger partial charge in [0.2, 0.25) is 0 Å². The number of aromatic hydroxyl groups is 1. The Morgan fingerprint density at radius 2 is 0.645 bits per heavy atom. The highest BCUT2D eigenvalue weighted by atomic mass is 16.5. The largest absolute Gasteiger partial charge is 0.508 e. The summed E-state index contributed by atoms with van der Waals surface area (Å²) >= 11 is 0. The number of carbonyl (C=O) groups is 2. The SMILES string of the molecule is CCCCC(=O)c1cccc(OCC2CCCCC2)c1.CCCCCc1cccc(OCC2CCCCC2)c1.CCCCCc1cccc(OCC2CCCCC2)c1.CCCOCc1cccc(OCC2CCCCC2)c1.CCC[C@@H](O)c1cc(O)cc(OCC2CCCCC2)c1.CC[C@@H](O)[C@@H](O)c1cccc(OCC2CCCCC2)c1.CN(C)CCC(=O)c1cccc(OCC2CCCCC2)c1. The van der Waals surface area contributed by atoms with Gasteiger partial charge in [0.05, 0.1) is 65.1 Å². The molecule has 0 unspecified atom stereocenters. The number of rotatable bonds is 47. The molecule has 7 saturated carbocycles. The number of Topliss-reactive ketones (excluding diaryl/α,β-unsaturated/α-hetero) is 2. The zero-order valence-electron chi connectivity index (χ0n) is 87.3. The van der Waals surface area contributed by atoms with Crippen molar-refractivity contribution in [3.63, 3.8) is 0 Å². The standard InChI is InChI=1S/C18H27NO2.C18H26O2.2C18H28O.2C17H26O3.C17H26O2/c1-19(2)12-11-18(20)16-9-6-10-17(13-16)21-14-15-7-4-3-5-8-15;1-2-3-12-18(19)16-10-7-11-17(13-16)20-14-15-8-5-4-6-9-15;2*1-2-3-5-9-16-12-8-13-18(14-16)19-15-17-10-6-4-7-11-17;1-2-16(18)17(19)14-9-6-10-15(11-14)20-12-13-7-4-3-5-8-13;1-2-6-17(19)14-9-15(18)11-16(10-14)20-12-13-7-4-3-5-8-13;1-2-11-18-13-16-9-6-10-17(12-16)19-14-15-7-4-3-5-8-15/h6,9-10,13,15H,3-5,7-8,11-12,14H2,1-2H3;7,10-11,13,15H,2-6,8-9,12,14H2,1H3;2*8,12-14,17H,2-7,9-11,15H2,1H3;6,9-11,13,16-19H,2-5,7-8,12H2,1H3;9-11,13,17-19H,2-8,12H2,1H3;6,9-10,12,15H,2-5,7-8,11,13-14H2,1H3/t;;;;16-,17+;17-;/m....11./s1. The van der Waals surface area contributed by atoms with Crippen LogP contribution in [0.2, 0.25) is 0 Å². The molecule has 7 aromatic rings. The maximum Gasteiger partial charge on any atom is 0.164 e. The summed E-state index contributed by atoms with van der Waals surface area (Å²) in [6, 6.07) is 53.6. The monoisotopic (exact) mass is 1900 g/mol. The van der Waals surface area contributed by atoms with Gasteiger partial charge < -0.3 is 63.2 Å². The number of aliphatic hydroxyl groups is 3. The highest BCUT2D eigenvalue weighted by Gasteiger charge is 2.24. The summed E-state index contributed by atoms with van der Waals surface area (Å²) in [6.07, 6.45) is 61.4. The van der Waals surface area contributed by atoms with Gasteiger partial charge >= 0.3 is 0 Å². The smallest absolute Gasteiger partial charge is 0.164 e. The second-order valence-corrected chi connectivity index (χ2v) is 41.2. The lowest BCUT2D eigenvalue weighted by molar-refractivity contribution is 0.0163. The quantitative estimate of drug-likeness (QED) is 0.0208. The van der Waals surface area contributed by atoms with E-state index in [4.69, 9.17) is 37.9 Å². The topological polar surface area (TPSA) is 192 Å². The molecule has 7 aliphatic carbocycles. The summed E-state index contributed by atoms with van der Waals surface area (Å²) in [6.45, 7) is 20.7. The summed E-state index contributed by atoms with van der Waals surface area (Å²) in [5.74, 6) is 11.9. The van der Waals surface area contributed by atoms with Crippen molar-refractivity contribution in [2.75, 3.05) is 73.5 Å². The van der Waals surface area contributed by atoms with E-state index in [0.717, 1.165) is 153 Å². The van der Waals surface area contributed by atoms with E-state index >= 15 is 0 Å². The Morgan fingerprint density at radius 3 is 0.993 bits per heavy atom. The number of phenolic OH excluding ortho intramolecular Hbond substituents is 1. The Hall–Kier alpha value is -7.92. The lowest BCUT2D eigenvalue weighted by atomic mass is 9.90. The van der Waals surface area contributed by atoms with Crippen LogP contribution in [0, 0.1) is 41.4 Å². The van der Waals surface area contributed by atoms with Crippen molar-refractivity contribution in [2.24, 2.45) is 41.4 Å². The Kier molecular flexibility index (Phi) is 59.8. The normalized spacial score (nSPS) is 17.0. The number of ketones is 2. The second kappa shape index (κ2) is 71.5. The number of ether oxygens (including phenoxy) is 8. The predicted octanol–water partition coefficient (Wildman–Crippen LogP) is 31.8. The molecule has 0 amide bonds. The van der Waals surface area contributed by atoms with Gasteiger partial charge in [0.15, 0.2) is 11.6 Å². The minimum atomic E-state index is -0.835. The van der Waals surface area contributed by atoms with Crippen LogP contribution in [0.3, 0.4) is 0 Å². The van der Waals surface area contributed by atoms with Crippen LogP contribution in [0.25, 0.3) is 0 Å². The number of aliphatic hydroxyl groups excluding tert-OH is 3. The van der Waals surface area contributed by atoms with E-state index in [1.165, 1.54) is 293 Å². The number of carbonyl (C=O) groups excluding carboxylic acids is 2. The van der Waals surface area contributed by atoms with Crippen molar-refractivity contribution in [3.05, 3.63) is 203 Å². The zero-order valence-corrected chi connectivity index (χ0v) is 87.3. The van der Waals surface area contributed by atoms with Gasteiger partial charge in [0.1, 0.15) is 52.1 Å². The van der Waals surface area contributed by atoms with E-state index in [-0.39, 0.29) is 17.3 Å². The minimum absolute atomic E-state index is 0.163. The minimum Gasteiger partial charge on any atom is -0.508 e. The number of hydrogen-bond acceptors (Lipinski definition) is 15. The fourth-order valence-electron chi connectivity index (χ4n) is 19.8. The van der Waals surface area contributed by atoms with Crippen LogP contribution in [-0.4, -0.2) is 116 Å². The lowest BCUT2D eigenvalue weighted by Crippen LogP contribution is -2.17. The van der Waals surface area contributed by atoms with Crippen LogP contribution in [0.5, 0.6) is 46.0 Å². The molecule has 0 saturated heterocycles. The molecule has 0 heterocycles. The molecule has 0 spiro atoms. The third-order valence-electron chi connectivity index (χ3n) is 28.6. The van der Waals surface area contributed by atoms with Gasteiger partial charge in [-0.2, -0.15) is 0 Å². The number of nitrogens with zero attached hydrogens (tertiary/aromatic N) is 1. The highest BCUT2D eigenvalue weighted by Crippen LogP contribution is 2.36. The molecular weight excluding hydrogens is 1720 g/mol. The molecule has 0 bridgehead atoms. The van der Waals surface area contributed by atoms with Crippen molar-refractivity contribution >= 4 is 11.6 Å². The maximum absolute atomic E-state index is 12.1. The molecule has 0 aliphatic heterocycles. The first kappa shape index (κ1) is 115. The Labute approximate surface area is 836 Å². The summed E-state index contributed by atoms with van der Waals surface area (Å²) in [5, 5.41) is 39.5. The molecule has 0 radical (unpaired) electrons. The average molecular weight is 1900 g/mol. The number of hydrogen-bond donors (Lipinski definition) is 4. The van der Waals surface area contributed by atoms with Crippen molar-refractivity contribution in [1.82, 2.24) is 4.90 Å². The summed E-state index contributed by atoms with van der Waals surface area (Å²) in [7, 11) is 3.97. The first-order valence-corrected chi connectivity index (χ1v) is 55.6. The van der Waals surface area contributed by atoms with E-state index in [9.17, 15) is 30.0 Å². The number of aryl methyl sites for hydroxylation is 2. The van der Waals surface area contributed by atoms with Crippen LogP contribution in [0.1, 0.15) is 417 Å². The second-order valence-electron chi connectivity index (χ2n) is 41.2. The third kappa shape index (κ3) is 49.7. The predicted molar refractivity (Wildman–Crippen MR) is 570 cm³/mol. The van der Waals surface area contributed by atoms with Gasteiger partial charge in [-0.25, -0.2) is 0 Å². The van der Waals surface area contributed by atoms with Crippen LogP contribution < -0.4 is 33.2 Å². The van der Waals surface area contributed by atoms with Gasteiger partial charge in [-0.1, -0.05) is 288 Å². The number of benzene rings is 7. The lowest BCUT2D eigenvalue weighted by Gasteiger charge is -2.22. The Bertz CT molecular complexity index is 4080. The molecule has 0 aromatic heterocycles. The molecule has 138 heavy (non-hydrogen) atoms. The molecule has 15 heteroatoms. The third-order valence-corrected chi connectivity index (χ3v) is 28.6. The van der Waals surface area contributed by atoms with Crippen molar-refractivity contribution in [2.45, 2.75) is 394 Å². The maximum atomic E-state index is 12.1. The van der Waals surface area contributed by atoms with Crippen molar-refractivity contribution in [1.29, 1.82) is 0 Å². The van der Waals surface area contributed by atoms with E-state index in [0.29, 0.717) is 68.3 Å². The van der Waals surface area contributed by atoms with Crippen LogP contribution in [0.4, 0.5) is 0 Å². The van der Waals surface area contributed by atoms with E-state index in [2.05, 4.69) is 94.4 Å². The molecule has 7 aliphatic rings. The van der Waals surface area contributed by atoms with Crippen molar-refractivity contribution < 1.29 is 67.9 Å². The Morgan fingerprint density at radius 1 is 0.326 bits per heavy atom. The molecule has 7 aromatic carbocycles. The number of phenols is 1. The van der Waals surface area contributed by atoms with Crippen LogP contribution in [-0.2, 0) is 24.2 Å². The molecule has 7 fully saturated rings. The highest BCUT2D eigenvalue weighted by molar-refractivity contribution is 5.97. The summed E-state index contributed by atoms with van der Waals surface area (Å²) in [5.41, 5.74) is 7.07. The van der Waals surface area contributed by atoms with Gasteiger partial charge in [-0.3, -0.25) is 9.59 Å². The first-order valence-electron chi connectivity index (χ1n) is 55.6. The Balaban J connectivity index is 0.000000198. The average Bonchev–Trinajstić information content (AvgIpc) is 0.862. The summed E-state index contributed by atoms with van der Waals surface area (Å²) in [4.78, 5) is 26.2. The molecule has 15 nitrogen and oxygen atoms in total. The van der Waals surface area contributed by atoms with Crippen LogP contribution in [0.15, 0.2) is 164 Å². The molecule has 14 rings (SSSR count). The molecule has 4 N–H and O–H groups in total. The number of unbranched alkanes of at least 4 members (excludes halogenated alkanes) is 5. The van der Waals surface area contributed by atoms with Crippen LogP contribution >= 0.6 is 0 Å². The fourth-order valence-corrected chi connectivity index (χ4v) is 19.8. The van der Waals surface area contributed by atoms with Gasteiger partial charge in [0.25, 0.3) is 0 Å². The van der Waals surface area contributed by atoms with Crippen molar-refractivity contribution in [3.8, 4) is 46.0 Å².